The maximum absolute atomic E-state index is 11.2. The Balaban J connectivity index is 2.71. The van der Waals surface area contributed by atoms with Crippen LogP contribution in [0.4, 0.5) is 4.79 Å². The fourth-order valence-electron chi connectivity index (χ4n) is 1.88. The van der Waals surface area contributed by atoms with Crippen LogP contribution >= 0.6 is 11.6 Å². The smallest absolute Gasteiger partial charge is 0.407 e. The first-order valence-corrected chi connectivity index (χ1v) is 8.47. The molecule has 5 nitrogen and oxygen atoms in total. The summed E-state index contributed by atoms with van der Waals surface area (Å²) in [5.74, 6) is 0. The second-order valence-electron chi connectivity index (χ2n) is 5.82. The lowest BCUT2D eigenvalue weighted by Gasteiger charge is -2.09. The van der Waals surface area contributed by atoms with Crippen LogP contribution in [0.25, 0.3) is 0 Å². The number of ether oxygens (including phenoxy) is 1. The van der Waals surface area contributed by atoms with Crippen LogP contribution in [0.1, 0.15) is 31.9 Å². The number of halogens is 1. The van der Waals surface area contributed by atoms with Crippen molar-refractivity contribution in [1.29, 1.82) is 0 Å². The molecule has 140 valence electrons. The summed E-state index contributed by atoms with van der Waals surface area (Å²) in [6.07, 6.45) is 5.30. The molecule has 0 fully saturated rings. The Labute approximate surface area is 160 Å². The highest BCUT2D eigenvalue weighted by molar-refractivity contribution is 6.31. The molecule has 0 saturated heterocycles. The molecular formula is C20H25ClN2O3. The van der Waals surface area contributed by atoms with Crippen LogP contribution in [-0.2, 0) is 16.1 Å². The molecule has 0 unspecified atom stereocenters. The number of rotatable bonds is 8. The monoisotopic (exact) mass is 376 g/mol. The summed E-state index contributed by atoms with van der Waals surface area (Å²) in [6, 6.07) is 5.47. The van der Waals surface area contributed by atoms with E-state index in [4.69, 9.17) is 16.4 Å². The molecule has 6 heteroatoms. The van der Waals surface area contributed by atoms with Gasteiger partial charge in [0.05, 0.1) is 12.8 Å². The summed E-state index contributed by atoms with van der Waals surface area (Å²) in [5, 5.41) is 7.30. The van der Waals surface area contributed by atoms with E-state index in [2.05, 4.69) is 21.8 Å². The van der Waals surface area contributed by atoms with E-state index in [1.165, 1.54) is 7.11 Å². The Morgan fingerprint density at radius 2 is 2.08 bits per heavy atom. The predicted molar refractivity (Wildman–Crippen MR) is 107 cm³/mol. The van der Waals surface area contributed by atoms with Gasteiger partial charge < -0.3 is 14.9 Å². The highest BCUT2D eigenvalue weighted by Gasteiger charge is 2.07. The zero-order valence-corrected chi connectivity index (χ0v) is 16.4. The second-order valence-corrected chi connectivity index (χ2v) is 6.23. The number of hydrogen-bond acceptors (Lipinski definition) is 4. The van der Waals surface area contributed by atoms with E-state index in [1.807, 2.05) is 51.1 Å². The van der Waals surface area contributed by atoms with Gasteiger partial charge >= 0.3 is 6.09 Å². The third-order valence-corrected chi connectivity index (χ3v) is 3.70. The number of oxime groups is 1. The minimum atomic E-state index is -0.511. The molecule has 26 heavy (non-hydrogen) atoms. The number of carbonyl (C=O) groups is 1. The average molecular weight is 377 g/mol. The van der Waals surface area contributed by atoms with Crippen molar-refractivity contribution in [3.8, 4) is 0 Å². The van der Waals surface area contributed by atoms with Crippen LogP contribution in [0.5, 0.6) is 0 Å². The Morgan fingerprint density at radius 1 is 1.35 bits per heavy atom. The molecule has 1 aromatic carbocycles. The van der Waals surface area contributed by atoms with Gasteiger partial charge in [0.15, 0.2) is 0 Å². The van der Waals surface area contributed by atoms with Crippen molar-refractivity contribution < 1.29 is 14.4 Å². The molecule has 0 atom stereocenters. The molecule has 1 rings (SSSR count). The molecule has 0 saturated carbocycles. The van der Waals surface area contributed by atoms with Crippen molar-refractivity contribution in [2.24, 2.45) is 5.16 Å². The van der Waals surface area contributed by atoms with Crippen LogP contribution in [-0.4, -0.2) is 25.5 Å². The summed E-state index contributed by atoms with van der Waals surface area (Å²) in [7, 11) is 1.31. The third kappa shape index (κ3) is 8.03. The number of nitrogens with one attached hydrogen (secondary N) is 1. The summed E-state index contributed by atoms with van der Waals surface area (Å²) in [5.41, 5.74) is 4.37. The van der Waals surface area contributed by atoms with Crippen LogP contribution in [0.3, 0.4) is 0 Å². The highest BCUT2D eigenvalue weighted by atomic mass is 35.5. The van der Waals surface area contributed by atoms with Crippen molar-refractivity contribution >= 4 is 23.4 Å². The van der Waals surface area contributed by atoms with Gasteiger partial charge in [0.2, 0.25) is 0 Å². The van der Waals surface area contributed by atoms with Crippen LogP contribution in [0.15, 0.2) is 59.3 Å². The number of hydrogen-bond donors (Lipinski definition) is 1. The van der Waals surface area contributed by atoms with Gasteiger partial charge in [-0.1, -0.05) is 53.2 Å². The summed E-state index contributed by atoms with van der Waals surface area (Å²) in [6.45, 7) is 10.2. The number of nitrogens with zero attached hydrogens (tertiary/aromatic N) is 1. The number of benzene rings is 1. The first-order valence-electron chi connectivity index (χ1n) is 8.10. The minimum Gasteiger partial charge on any atom is -0.453 e. The van der Waals surface area contributed by atoms with Gasteiger partial charge in [-0.05, 0) is 49.6 Å². The third-order valence-electron chi connectivity index (χ3n) is 3.33. The molecule has 0 aliphatic heterocycles. The van der Waals surface area contributed by atoms with Gasteiger partial charge in [-0.25, -0.2) is 4.79 Å². The number of alkyl carbamates (subject to hydrolysis) is 1. The lowest BCUT2D eigenvalue weighted by Crippen LogP contribution is -2.22. The van der Waals surface area contributed by atoms with Crippen LogP contribution in [0.2, 0.25) is 5.02 Å². The Hall–Kier alpha value is -2.53. The van der Waals surface area contributed by atoms with Gasteiger partial charge in [0, 0.05) is 11.6 Å². The van der Waals surface area contributed by atoms with Gasteiger partial charge in [0.1, 0.15) is 6.61 Å². The minimum absolute atomic E-state index is 0.268. The first kappa shape index (κ1) is 21.5. The lowest BCUT2D eigenvalue weighted by molar-refractivity contribution is 0.168. The highest BCUT2D eigenvalue weighted by Crippen LogP contribution is 2.18. The van der Waals surface area contributed by atoms with E-state index in [0.29, 0.717) is 17.3 Å². The van der Waals surface area contributed by atoms with Crippen molar-refractivity contribution in [1.82, 2.24) is 5.32 Å². The van der Waals surface area contributed by atoms with Crippen molar-refractivity contribution in [3.63, 3.8) is 0 Å². The molecule has 0 aliphatic carbocycles. The molecule has 0 spiro atoms. The molecule has 0 radical (unpaired) electrons. The zero-order valence-electron chi connectivity index (χ0n) is 15.6. The summed E-state index contributed by atoms with van der Waals surface area (Å²) in [4.78, 5) is 16.6. The standard InChI is InChI=1S/C20H25ClN2O3/c1-14(2)7-6-8-15(3)13-26-23-16(4)17-9-10-19(21)18(11-17)12-22-20(24)25-5/h6-11H,1,12-13H2,2-5H3,(H,22,24)/b7-6-,15-8+,23-16+. The normalized spacial score (nSPS) is 12.2. The first-order chi connectivity index (χ1) is 12.3. The van der Waals surface area contributed by atoms with Gasteiger partial charge in [-0.3, -0.25) is 0 Å². The summed E-state index contributed by atoms with van der Waals surface area (Å²) >= 11 is 6.16. The number of methoxy groups -OCH3 is 1. The van der Waals surface area contributed by atoms with E-state index in [0.717, 1.165) is 22.3 Å². The molecular weight excluding hydrogens is 352 g/mol. The van der Waals surface area contributed by atoms with E-state index >= 15 is 0 Å². The largest absolute Gasteiger partial charge is 0.453 e. The predicted octanol–water partition coefficient (Wildman–Crippen LogP) is 5.02. The van der Waals surface area contributed by atoms with E-state index < -0.39 is 6.09 Å². The maximum atomic E-state index is 11.2. The zero-order chi connectivity index (χ0) is 19.5. The van der Waals surface area contributed by atoms with Gasteiger partial charge in [-0.2, -0.15) is 0 Å². The molecule has 0 heterocycles. The molecule has 0 aliphatic rings. The summed E-state index contributed by atoms with van der Waals surface area (Å²) < 4.78 is 4.55. The number of carbonyl (C=O) groups excluding carboxylic acids is 1. The Morgan fingerprint density at radius 3 is 2.73 bits per heavy atom. The van der Waals surface area contributed by atoms with Gasteiger partial charge in [0.25, 0.3) is 0 Å². The number of allylic oxidation sites excluding steroid dienone is 4. The van der Waals surface area contributed by atoms with Gasteiger partial charge in [-0.15, -0.1) is 0 Å². The quantitative estimate of drug-likeness (QED) is 0.394. The average Bonchev–Trinajstić information content (AvgIpc) is 2.60. The Bertz CT molecular complexity index is 737. The topological polar surface area (TPSA) is 59.9 Å². The fraction of sp³-hybridized carbons (Fsp3) is 0.300. The van der Waals surface area contributed by atoms with E-state index in [-0.39, 0.29) is 6.54 Å². The lowest BCUT2D eigenvalue weighted by atomic mass is 10.1. The molecule has 0 aromatic heterocycles. The molecule has 1 N–H and O–H groups in total. The van der Waals surface area contributed by atoms with Crippen molar-refractivity contribution in [3.05, 3.63) is 70.3 Å². The second kappa shape index (κ2) is 11.2. The maximum Gasteiger partial charge on any atom is 0.407 e. The fourth-order valence-corrected chi connectivity index (χ4v) is 2.07. The van der Waals surface area contributed by atoms with Crippen molar-refractivity contribution in [2.75, 3.05) is 13.7 Å². The number of amides is 1. The van der Waals surface area contributed by atoms with Crippen LogP contribution < -0.4 is 5.32 Å². The van der Waals surface area contributed by atoms with E-state index in [9.17, 15) is 4.79 Å². The molecule has 1 amide bonds. The molecule has 0 bridgehead atoms. The van der Waals surface area contributed by atoms with Crippen LogP contribution in [0, 0.1) is 0 Å². The van der Waals surface area contributed by atoms with Crippen molar-refractivity contribution in [2.45, 2.75) is 27.3 Å². The molecule has 1 aromatic rings. The SMILES string of the molecule is C=C(C)/C=C\C=C(/C)CO/N=C(\C)c1ccc(Cl)c(CNC(=O)OC)c1. The Kier molecular flexibility index (Phi) is 9.23. The van der Waals surface area contributed by atoms with E-state index in [1.54, 1.807) is 6.07 Å².